The molecule has 3 rings (SSSR count). The molecular formula is C15H19ClN5O3P. The Balaban J connectivity index is 1.58. The molecule has 2 aromatic heterocycles. The summed E-state index contributed by atoms with van der Waals surface area (Å²) < 4.78 is 12.9. The Kier molecular flexibility index (Phi) is 5.34. The number of benzene rings is 1. The third kappa shape index (κ3) is 4.55. The molecule has 3 aromatic rings. The van der Waals surface area contributed by atoms with Crippen LogP contribution in [0.1, 0.15) is 6.92 Å². The van der Waals surface area contributed by atoms with Crippen molar-refractivity contribution < 1.29 is 14.2 Å². The maximum absolute atomic E-state index is 10.3. The molecule has 134 valence electrons. The summed E-state index contributed by atoms with van der Waals surface area (Å²) in [6.45, 7) is 2.33. The van der Waals surface area contributed by atoms with Crippen molar-refractivity contribution in [3.05, 3.63) is 43.0 Å². The van der Waals surface area contributed by atoms with Crippen molar-refractivity contribution in [3.63, 3.8) is 0 Å². The van der Waals surface area contributed by atoms with Crippen LogP contribution in [0.5, 0.6) is 5.75 Å². The molecule has 10 heteroatoms. The van der Waals surface area contributed by atoms with Gasteiger partial charge in [0.2, 0.25) is 0 Å². The van der Waals surface area contributed by atoms with E-state index in [2.05, 4.69) is 15.0 Å². The topological polar surface area (TPSA) is 108 Å². The van der Waals surface area contributed by atoms with Crippen molar-refractivity contribution in [2.24, 2.45) is 0 Å². The van der Waals surface area contributed by atoms with Crippen LogP contribution in [0.2, 0.25) is 0 Å². The molecule has 0 radical (unpaired) electrons. The van der Waals surface area contributed by atoms with Crippen LogP contribution in [0.15, 0.2) is 43.0 Å². The average Bonchev–Trinajstić information content (AvgIpc) is 2.98. The molecule has 0 bridgehead atoms. The van der Waals surface area contributed by atoms with Gasteiger partial charge in [0.25, 0.3) is 0 Å². The van der Waals surface area contributed by atoms with Crippen LogP contribution in [0, 0.1) is 0 Å². The van der Waals surface area contributed by atoms with Crippen LogP contribution in [-0.4, -0.2) is 36.9 Å². The Hall–Kier alpha value is -1.99. The molecule has 1 aromatic carbocycles. The van der Waals surface area contributed by atoms with E-state index in [-0.39, 0.29) is 12.5 Å². The molecule has 2 heterocycles. The summed E-state index contributed by atoms with van der Waals surface area (Å²) in [7, 11) is -3.49. The van der Waals surface area contributed by atoms with Gasteiger partial charge in [-0.15, -0.1) is 0 Å². The standard InChI is InChI=1S/C15H19ClN5O3P/c1-11(7-21-9-20-13-14(17)18-8-19-15(13)21)23-10-25(16,22)24-12-5-3-2-4-6-12/h2-6,8-9,11,22,25H,7,10H2,1H3,(H2,17,18,19)/t11-/m1/s1. The molecule has 0 aliphatic heterocycles. The molecule has 0 spiro atoms. The van der Waals surface area contributed by atoms with E-state index in [1.54, 1.807) is 30.6 Å². The van der Waals surface area contributed by atoms with Crippen molar-refractivity contribution in [1.29, 1.82) is 0 Å². The Bertz CT molecular complexity index is 846. The number of anilines is 1. The summed E-state index contributed by atoms with van der Waals surface area (Å²) in [5, 5.41) is 0. The van der Waals surface area contributed by atoms with Crippen molar-refractivity contribution in [2.45, 2.75) is 19.6 Å². The van der Waals surface area contributed by atoms with Crippen molar-refractivity contribution in [1.82, 2.24) is 19.5 Å². The molecule has 0 saturated carbocycles. The number of aromatic nitrogens is 4. The molecular weight excluding hydrogens is 365 g/mol. The van der Waals surface area contributed by atoms with Crippen molar-refractivity contribution in [3.8, 4) is 5.75 Å². The summed E-state index contributed by atoms with van der Waals surface area (Å²) in [6, 6.07) is 8.92. The fourth-order valence-corrected chi connectivity index (χ4v) is 3.81. The van der Waals surface area contributed by atoms with E-state index >= 15 is 0 Å². The van der Waals surface area contributed by atoms with Crippen LogP contribution in [0.25, 0.3) is 11.2 Å². The van der Waals surface area contributed by atoms with Gasteiger partial charge in [0.1, 0.15) is 0 Å². The number of ether oxygens (including phenoxy) is 1. The molecule has 25 heavy (non-hydrogen) atoms. The van der Waals surface area contributed by atoms with E-state index in [1.807, 2.05) is 17.6 Å². The van der Waals surface area contributed by atoms with Crippen LogP contribution in [0.3, 0.4) is 0 Å². The van der Waals surface area contributed by atoms with E-state index in [0.29, 0.717) is 29.3 Å². The molecule has 0 fully saturated rings. The third-order valence-corrected chi connectivity index (χ3v) is 5.08. The first-order chi connectivity index (χ1) is 11.9. The number of nitrogens with zero attached hydrogens (tertiary/aromatic N) is 4. The summed E-state index contributed by atoms with van der Waals surface area (Å²) in [5.41, 5.74) is 6.94. The van der Waals surface area contributed by atoms with Gasteiger partial charge in [-0.2, -0.15) is 0 Å². The zero-order valence-electron chi connectivity index (χ0n) is 13.5. The van der Waals surface area contributed by atoms with Crippen LogP contribution in [0.4, 0.5) is 5.82 Å². The fourth-order valence-electron chi connectivity index (χ4n) is 2.31. The van der Waals surface area contributed by atoms with Gasteiger partial charge >= 0.3 is 149 Å². The molecule has 0 aliphatic carbocycles. The Morgan fingerprint density at radius 2 is 2.04 bits per heavy atom. The van der Waals surface area contributed by atoms with E-state index in [0.717, 1.165) is 0 Å². The third-order valence-electron chi connectivity index (χ3n) is 3.45. The molecule has 0 aliphatic rings. The molecule has 1 atom stereocenters. The number of imidazole rings is 1. The van der Waals surface area contributed by atoms with Gasteiger partial charge in [-0.05, 0) is 0 Å². The number of nitrogens with two attached hydrogens (primary N) is 1. The number of hydrogen-bond acceptors (Lipinski definition) is 7. The first-order valence-electron chi connectivity index (χ1n) is 7.63. The summed E-state index contributed by atoms with van der Waals surface area (Å²) in [5.74, 6) is 0.840. The zero-order valence-corrected chi connectivity index (χ0v) is 15.3. The van der Waals surface area contributed by atoms with Crippen molar-refractivity contribution in [2.75, 3.05) is 12.1 Å². The molecule has 0 amide bonds. The van der Waals surface area contributed by atoms with E-state index in [4.69, 9.17) is 26.2 Å². The first kappa shape index (κ1) is 17.8. The van der Waals surface area contributed by atoms with Crippen LogP contribution >= 0.6 is 18.3 Å². The van der Waals surface area contributed by atoms with Gasteiger partial charge in [-0.1, -0.05) is 0 Å². The Morgan fingerprint density at radius 1 is 1.28 bits per heavy atom. The predicted molar refractivity (Wildman–Crippen MR) is 98.6 cm³/mol. The van der Waals surface area contributed by atoms with E-state index in [9.17, 15) is 4.89 Å². The van der Waals surface area contributed by atoms with Gasteiger partial charge in [-0.25, -0.2) is 0 Å². The number of nitrogen functional groups attached to an aromatic ring is 1. The number of fused-ring (bicyclic) bond motifs is 1. The van der Waals surface area contributed by atoms with Gasteiger partial charge in [0.05, 0.1) is 0 Å². The second-order valence-corrected chi connectivity index (χ2v) is 9.20. The predicted octanol–water partition coefficient (Wildman–Crippen LogP) is 2.58. The fraction of sp³-hybridized carbons (Fsp3) is 0.267. The number of rotatable bonds is 7. The molecule has 0 unspecified atom stereocenters. The van der Waals surface area contributed by atoms with Gasteiger partial charge in [0, 0.05) is 0 Å². The maximum atomic E-state index is 10.3. The average molecular weight is 384 g/mol. The molecule has 3 N–H and O–H groups in total. The Labute approximate surface area is 149 Å². The number of para-hydroxylation sites is 1. The summed E-state index contributed by atoms with van der Waals surface area (Å²) in [4.78, 5) is 22.5. The van der Waals surface area contributed by atoms with Crippen molar-refractivity contribution >= 4 is 35.3 Å². The quantitative estimate of drug-likeness (QED) is 0.603. The number of halogens is 1. The monoisotopic (exact) mass is 383 g/mol. The second-order valence-electron chi connectivity index (χ2n) is 5.55. The summed E-state index contributed by atoms with van der Waals surface area (Å²) in [6.07, 6.45) is 2.69. The SMILES string of the molecule is C[C@H](Cn1cnc2c(N)ncnc21)OC[PH](O)(Cl)Oc1ccccc1. The normalized spacial score (nSPS) is 13.7. The van der Waals surface area contributed by atoms with Crippen LogP contribution in [-0.2, 0) is 11.3 Å². The zero-order chi connectivity index (χ0) is 17.9. The minimum atomic E-state index is -3.49. The van der Waals surface area contributed by atoms with Crippen LogP contribution < -0.4 is 10.3 Å². The molecule has 0 saturated heterocycles. The second kappa shape index (κ2) is 7.49. The van der Waals surface area contributed by atoms with Gasteiger partial charge in [0.15, 0.2) is 0 Å². The number of hydrogen-bond donors (Lipinski definition) is 2. The molecule has 8 nitrogen and oxygen atoms in total. The van der Waals surface area contributed by atoms with E-state index in [1.165, 1.54) is 6.33 Å². The van der Waals surface area contributed by atoms with E-state index < -0.39 is 7.07 Å². The first-order valence-corrected chi connectivity index (χ1v) is 10.7. The Morgan fingerprint density at radius 3 is 2.80 bits per heavy atom. The minimum absolute atomic E-state index is 0.0750. The van der Waals surface area contributed by atoms with Gasteiger partial charge in [-0.3, -0.25) is 0 Å². The summed E-state index contributed by atoms with van der Waals surface area (Å²) >= 11 is 6.10. The van der Waals surface area contributed by atoms with Gasteiger partial charge < -0.3 is 0 Å².